The van der Waals surface area contributed by atoms with Crippen LogP contribution in [0.4, 0.5) is 17.6 Å². The van der Waals surface area contributed by atoms with Gasteiger partial charge in [0.15, 0.2) is 0 Å². The van der Waals surface area contributed by atoms with Crippen LogP contribution in [0, 0.1) is 5.92 Å². The fraction of sp³-hybridized carbons (Fsp3) is 0.857. The Labute approximate surface area is 77.8 Å². The van der Waals surface area contributed by atoms with Crippen LogP contribution in [0.1, 0.15) is 0 Å². The van der Waals surface area contributed by atoms with Crippen molar-refractivity contribution in [3.63, 3.8) is 0 Å². The number of carbonyl (C=O) groups excluding carboxylic acids is 1. The third-order valence-electron chi connectivity index (χ3n) is 2.11. The summed E-state index contributed by atoms with van der Waals surface area (Å²) in [5.41, 5.74) is 0. The lowest BCUT2D eigenvalue weighted by Crippen LogP contribution is -2.47. The summed E-state index contributed by atoms with van der Waals surface area (Å²) in [6.07, 6.45) is -4.90. The van der Waals surface area contributed by atoms with E-state index >= 15 is 0 Å². The fourth-order valence-electron chi connectivity index (χ4n) is 1.31. The Hall–Kier alpha value is -0.850. The van der Waals surface area contributed by atoms with Crippen LogP contribution < -0.4 is 10.6 Å². The van der Waals surface area contributed by atoms with Crippen LogP contribution >= 0.6 is 0 Å². The minimum absolute atomic E-state index is 0.177. The zero-order chi connectivity index (χ0) is 10.8. The van der Waals surface area contributed by atoms with Crippen molar-refractivity contribution in [3.8, 4) is 0 Å². The molecule has 2 N–H and O–H groups in total. The second-order valence-corrected chi connectivity index (χ2v) is 3.15. The smallest absolute Gasteiger partial charge is 0.344 e. The van der Waals surface area contributed by atoms with E-state index in [0.29, 0.717) is 6.54 Å². The SMILES string of the molecule is O=C(N[C@@H]1CNC[C@@H]1CF)C(F)(F)F. The molecule has 1 aliphatic heterocycles. The number of carbonyl (C=O) groups is 1. The molecule has 0 radical (unpaired) electrons. The molecule has 0 bridgehead atoms. The lowest BCUT2D eigenvalue weighted by atomic mass is 10.1. The van der Waals surface area contributed by atoms with E-state index in [4.69, 9.17) is 0 Å². The van der Waals surface area contributed by atoms with E-state index in [1.54, 1.807) is 5.32 Å². The average molecular weight is 214 g/mol. The number of amides is 1. The minimum atomic E-state index is -4.90. The first-order valence-electron chi connectivity index (χ1n) is 4.09. The van der Waals surface area contributed by atoms with Crippen LogP contribution in [-0.2, 0) is 4.79 Å². The molecule has 1 rings (SSSR count). The molecule has 0 aliphatic carbocycles. The maximum atomic E-state index is 12.2. The Kier molecular flexibility index (Phi) is 3.30. The summed E-state index contributed by atoms with van der Waals surface area (Å²) in [5.74, 6) is -2.58. The second-order valence-electron chi connectivity index (χ2n) is 3.15. The van der Waals surface area contributed by atoms with E-state index in [0.717, 1.165) is 0 Å². The number of rotatable bonds is 2. The predicted molar refractivity (Wildman–Crippen MR) is 40.3 cm³/mol. The van der Waals surface area contributed by atoms with Gasteiger partial charge in [-0.15, -0.1) is 0 Å². The maximum absolute atomic E-state index is 12.2. The first kappa shape index (κ1) is 11.2. The van der Waals surface area contributed by atoms with E-state index in [9.17, 15) is 22.4 Å². The standard InChI is InChI=1S/C7H10F4N2O/c8-1-4-2-12-3-5(4)13-6(14)7(9,10)11/h4-5,12H,1-3H2,(H,13,14)/t4-,5+/m0/s1. The van der Waals surface area contributed by atoms with Crippen molar-refractivity contribution in [2.45, 2.75) is 12.2 Å². The number of hydrogen-bond acceptors (Lipinski definition) is 2. The summed E-state index contributed by atoms with van der Waals surface area (Å²) in [4.78, 5) is 10.5. The zero-order valence-electron chi connectivity index (χ0n) is 7.20. The largest absolute Gasteiger partial charge is 0.471 e. The third-order valence-corrected chi connectivity index (χ3v) is 2.11. The summed E-state index contributed by atoms with van der Waals surface area (Å²) in [6.45, 7) is -0.272. The van der Waals surface area contributed by atoms with Gasteiger partial charge in [-0.3, -0.25) is 9.18 Å². The highest BCUT2D eigenvalue weighted by Crippen LogP contribution is 2.17. The molecule has 0 spiro atoms. The molecule has 1 saturated heterocycles. The molecule has 1 amide bonds. The van der Waals surface area contributed by atoms with Crippen molar-refractivity contribution in [2.75, 3.05) is 19.8 Å². The maximum Gasteiger partial charge on any atom is 0.471 e. The van der Waals surface area contributed by atoms with E-state index in [-0.39, 0.29) is 6.54 Å². The van der Waals surface area contributed by atoms with E-state index in [2.05, 4.69) is 5.32 Å². The van der Waals surface area contributed by atoms with Gasteiger partial charge in [-0.05, 0) is 0 Å². The summed E-state index contributed by atoms with van der Waals surface area (Å²) in [7, 11) is 0. The molecule has 0 aromatic rings. The van der Waals surface area contributed by atoms with Crippen LogP contribution in [-0.4, -0.2) is 37.9 Å². The monoisotopic (exact) mass is 214 g/mol. The lowest BCUT2D eigenvalue weighted by Gasteiger charge is -2.17. The van der Waals surface area contributed by atoms with Crippen LogP contribution in [0.3, 0.4) is 0 Å². The van der Waals surface area contributed by atoms with E-state index in [1.807, 2.05) is 0 Å². The normalized spacial score (nSPS) is 27.7. The lowest BCUT2D eigenvalue weighted by molar-refractivity contribution is -0.174. The molecular weight excluding hydrogens is 204 g/mol. The van der Waals surface area contributed by atoms with Crippen LogP contribution in [0.5, 0.6) is 0 Å². The van der Waals surface area contributed by atoms with Crippen molar-refractivity contribution >= 4 is 5.91 Å². The van der Waals surface area contributed by atoms with Crippen molar-refractivity contribution in [1.29, 1.82) is 0 Å². The van der Waals surface area contributed by atoms with Gasteiger partial charge in [-0.1, -0.05) is 0 Å². The Bertz CT molecular complexity index is 218. The highest BCUT2D eigenvalue weighted by atomic mass is 19.4. The van der Waals surface area contributed by atoms with Gasteiger partial charge in [0.05, 0.1) is 6.67 Å². The molecule has 1 heterocycles. The molecular formula is C7H10F4N2O. The molecule has 2 atom stereocenters. The molecule has 0 saturated carbocycles. The summed E-state index contributed by atoms with van der Waals surface area (Å²) < 4.78 is 47.6. The first-order valence-corrected chi connectivity index (χ1v) is 4.09. The van der Waals surface area contributed by atoms with Crippen LogP contribution in [0.25, 0.3) is 0 Å². The quantitative estimate of drug-likeness (QED) is 0.646. The van der Waals surface area contributed by atoms with Gasteiger partial charge >= 0.3 is 12.1 Å². The van der Waals surface area contributed by atoms with Crippen molar-refractivity contribution in [3.05, 3.63) is 0 Å². The van der Waals surface area contributed by atoms with Crippen molar-refractivity contribution < 1.29 is 22.4 Å². The molecule has 1 fully saturated rings. The summed E-state index contributed by atoms with van der Waals surface area (Å²) in [6, 6.07) is -0.769. The Morgan fingerprint density at radius 2 is 2.07 bits per heavy atom. The van der Waals surface area contributed by atoms with Gasteiger partial charge in [0.25, 0.3) is 0 Å². The second kappa shape index (κ2) is 4.12. The van der Waals surface area contributed by atoms with Gasteiger partial charge < -0.3 is 10.6 Å². The molecule has 82 valence electrons. The summed E-state index contributed by atoms with van der Waals surface area (Å²) >= 11 is 0. The van der Waals surface area contributed by atoms with Crippen molar-refractivity contribution in [1.82, 2.24) is 10.6 Å². The molecule has 7 heteroatoms. The van der Waals surface area contributed by atoms with E-state index < -0.39 is 30.7 Å². The van der Waals surface area contributed by atoms with Gasteiger partial charge in [0.2, 0.25) is 0 Å². The molecule has 0 aromatic carbocycles. The predicted octanol–water partition coefficient (Wildman–Crippen LogP) is 0.222. The van der Waals surface area contributed by atoms with Crippen molar-refractivity contribution in [2.24, 2.45) is 5.92 Å². The molecule has 0 unspecified atom stereocenters. The molecule has 3 nitrogen and oxygen atoms in total. The van der Waals surface area contributed by atoms with Crippen LogP contribution in [0.2, 0.25) is 0 Å². The summed E-state index contributed by atoms with van der Waals surface area (Å²) in [5, 5.41) is 4.46. The van der Waals surface area contributed by atoms with E-state index in [1.165, 1.54) is 0 Å². The molecule has 0 aromatic heterocycles. The van der Waals surface area contributed by atoms with Gasteiger partial charge in [-0.25, -0.2) is 0 Å². The number of hydrogen-bond donors (Lipinski definition) is 2. The average Bonchev–Trinajstić information content (AvgIpc) is 2.50. The fourth-order valence-corrected chi connectivity index (χ4v) is 1.31. The van der Waals surface area contributed by atoms with Gasteiger partial charge in [0.1, 0.15) is 0 Å². The highest BCUT2D eigenvalue weighted by Gasteiger charge is 2.41. The first-order chi connectivity index (χ1) is 6.45. The minimum Gasteiger partial charge on any atom is -0.344 e. The highest BCUT2D eigenvalue weighted by molar-refractivity contribution is 5.82. The van der Waals surface area contributed by atoms with Gasteiger partial charge in [-0.2, -0.15) is 13.2 Å². The zero-order valence-corrected chi connectivity index (χ0v) is 7.20. The number of nitrogens with one attached hydrogen (secondary N) is 2. The number of alkyl halides is 4. The van der Waals surface area contributed by atoms with Gasteiger partial charge in [0, 0.05) is 25.0 Å². The Morgan fingerprint density at radius 3 is 2.57 bits per heavy atom. The topological polar surface area (TPSA) is 41.1 Å². The molecule has 1 aliphatic rings. The molecule has 14 heavy (non-hydrogen) atoms. The Morgan fingerprint density at radius 1 is 1.43 bits per heavy atom. The van der Waals surface area contributed by atoms with Crippen LogP contribution in [0.15, 0.2) is 0 Å². The third kappa shape index (κ3) is 2.57. The Balaban J connectivity index is 2.48. The number of halogens is 4.